The Bertz CT molecular complexity index is 853. The summed E-state index contributed by atoms with van der Waals surface area (Å²) in [5.41, 5.74) is 1.20. The zero-order chi connectivity index (χ0) is 14.8. The second-order valence-electron chi connectivity index (χ2n) is 4.29. The molecule has 0 spiro atoms. The average Bonchev–Trinajstić information content (AvgIpc) is 2.92. The fourth-order valence-corrected chi connectivity index (χ4v) is 2.60. The highest BCUT2D eigenvalue weighted by molar-refractivity contribution is 7.83. The van der Waals surface area contributed by atoms with Crippen LogP contribution in [0.1, 0.15) is 0 Å². The summed E-state index contributed by atoms with van der Waals surface area (Å²) >= 11 is 0. The number of rotatable bonds is 4. The van der Waals surface area contributed by atoms with E-state index in [1.54, 1.807) is 43.6 Å². The molecular weight excluding hydrogens is 290 g/mol. The number of anilines is 2. The van der Waals surface area contributed by atoms with Crippen LogP contribution in [0.3, 0.4) is 0 Å². The van der Waals surface area contributed by atoms with Crippen LogP contribution >= 0.6 is 0 Å². The Hall–Kier alpha value is -2.45. The molecule has 0 aliphatic rings. The zero-order valence-corrected chi connectivity index (χ0v) is 12.0. The lowest BCUT2D eigenvalue weighted by atomic mass is 10.3. The van der Waals surface area contributed by atoms with E-state index in [0.717, 1.165) is 5.69 Å². The monoisotopic (exact) mass is 303 g/mol. The van der Waals surface area contributed by atoms with Crippen molar-refractivity contribution in [3.05, 3.63) is 46.9 Å². The minimum Gasteiger partial charge on any atom is -0.338 e. The highest BCUT2D eigenvalue weighted by Crippen LogP contribution is 2.21. The van der Waals surface area contributed by atoms with E-state index in [2.05, 4.69) is 25.2 Å². The summed E-state index contributed by atoms with van der Waals surface area (Å²) in [4.78, 5) is 15.1. The molecule has 108 valence electrons. The smallest absolute Gasteiger partial charge is 0.261 e. The van der Waals surface area contributed by atoms with Crippen molar-refractivity contribution in [1.82, 2.24) is 19.9 Å². The first kappa shape index (κ1) is 13.5. The lowest BCUT2D eigenvalue weighted by Gasteiger charge is -2.05. The fourth-order valence-electron chi connectivity index (χ4n) is 1.99. The van der Waals surface area contributed by atoms with Gasteiger partial charge in [-0.2, -0.15) is 5.10 Å². The normalized spacial score (nSPS) is 12.4. The Morgan fingerprint density at radius 3 is 2.67 bits per heavy atom. The lowest BCUT2D eigenvalue weighted by molar-refractivity contribution is 0.678. The number of aromatic nitrogens is 3. The van der Waals surface area contributed by atoms with Gasteiger partial charge < -0.3 is 10.3 Å². The molecule has 0 bridgehead atoms. The van der Waals surface area contributed by atoms with Crippen LogP contribution in [0, 0.1) is 0 Å². The van der Waals surface area contributed by atoms with Crippen LogP contribution in [0.4, 0.5) is 11.5 Å². The van der Waals surface area contributed by atoms with E-state index < -0.39 is 11.0 Å². The average molecular weight is 303 g/mol. The highest BCUT2D eigenvalue weighted by Gasteiger charge is 2.09. The van der Waals surface area contributed by atoms with Crippen LogP contribution in [-0.2, 0) is 11.0 Å². The standard InChI is InChI=1S/C13H13N5O2S/c1-14-21(20)9-4-2-8(3-5-9)16-12-11-10(17-18-12)6-7-15-13(11)19/h2-7,14H,1H3,(H,15,19)(H2,16,17,18). The summed E-state index contributed by atoms with van der Waals surface area (Å²) in [7, 11) is 0.412. The van der Waals surface area contributed by atoms with Gasteiger partial charge in [0, 0.05) is 11.9 Å². The van der Waals surface area contributed by atoms with Gasteiger partial charge in [0.2, 0.25) is 0 Å². The van der Waals surface area contributed by atoms with Crippen LogP contribution in [0.2, 0.25) is 0 Å². The Balaban J connectivity index is 1.92. The van der Waals surface area contributed by atoms with E-state index >= 15 is 0 Å². The van der Waals surface area contributed by atoms with E-state index in [0.29, 0.717) is 21.6 Å². The largest absolute Gasteiger partial charge is 0.338 e. The van der Waals surface area contributed by atoms with E-state index in [4.69, 9.17) is 0 Å². The van der Waals surface area contributed by atoms with Gasteiger partial charge in [0.25, 0.3) is 5.56 Å². The van der Waals surface area contributed by atoms with Gasteiger partial charge >= 0.3 is 0 Å². The number of hydrogen-bond acceptors (Lipinski definition) is 4. The predicted molar refractivity (Wildman–Crippen MR) is 81.9 cm³/mol. The number of nitrogens with one attached hydrogen (secondary N) is 4. The number of aromatic amines is 2. The molecule has 8 heteroatoms. The van der Waals surface area contributed by atoms with Crippen molar-refractivity contribution in [2.24, 2.45) is 0 Å². The summed E-state index contributed by atoms with van der Waals surface area (Å²) in [6.45, 7) is 0. The predicted octanol–water partition coefficient (Wildman–Crippen LogP) is 1.24. The van der Waals surface area contributed by atoms with E-state index in [-0.39, 0.29) is 5.56 Å². The number of pyridine rings is 1. The van der Waals surface area contributed by atoms with Crippen molar-refractivity contribution in [3.8, 4) is 0 Å². The summed E-state index contributed by atoms with van der Waals surface area (Å²) < 4.78 is 14.2. The Labute approximate surface area is 122 Å². The van der Waals surface area contributed by atoms with Crippen LogP contribution in [-0.4, -0.2) is 26.4 Å². The minimum atomic E-state index is -1.22. The first-order chi connectivity index (χ1) is 10.2. The van der Waals surface area contributed by atoms with Gasteiger partial charge in [-0.05, 0) is 37.4 Å². The van der Waals surface area contributed by atoms with Gasteiger partial charge in [0.1, 0.15) is 16.4 Å². The molecule has 21 heavy (non-hydrogen) atoms. The topological polar surface area (TPSA) is 103 Å². The molecule has 4 N–H and O–H groups in total. The Kier molecular flexibility index (Phi) is 3.55. The number of nitrogens with zero attached hydrogens (tertiary/aromatic N) is 1. The van der Waals surface area contributed by atoms with Crippen molar-refractivity contribution in [3.63, 3.8) is 0 Å². The summed E-state index contributed by atoms with van der Waals surface area (Å²) in [6, 6.07) is 8.79. The van der Waals surface area contributed by atoms with Gasteiger partial charge in [-0.25, -0.2) is 8.93 Å². The highest BCUT2D eigenvalue weighted by atomic mass is 32.2. The third-order valence-electron chi connectivity index (χ3n) is 3.00. The Morgan fingerprint density at radius 2 is 1.95 bits per heavy atom. The molecule has 2 aromatic heterocycles. The van der Waals surface area contributed by atoms with E-state index in [1.165, 1.54) is 0 Å². The molecule has 0 saturated carbocycles. The molecule has 1 atom stereocenters. The molecule has 7 nitrogen and oxygen atoms in total. The minimum absolute atomic E-state index is 0.211. The van der Waals surface area contributed by atoms with E-state index in [9.17, 15) is 9.00 Å². The summed E-state index contributed by atoms with van der Waals surface area (Å²) in [6.07, 6.45) is 1.56. The maximum Gasteiger partial charge on any atom is 0.261 e. The fraction of sp³-hybridized carbons (Fsp3) is 0.0769. The van der Waals surface area contributed by atoms with Gasteiger partial charge in [-0.3, -0.25) is 9.89 Å². The van der Waals surface area contributed by atoms with Gasteiger partial charge in [-0.1, -0.05) is 0 Å². The first-order valence-electron chi connectivity index (χ1n) is 6.21. The number of H-pyrrole nitrogens is 2. The van der Waals surface area contributed by atoms with Gasteiger partial charge in [0.15, 0.2) is 5.82 Å². The molecule has 0 amide bonds. The molecule has 3 rings (SSSR count). The van der Waals surface area contributed by atoms with Crippen LogP contribution in [0.5, 0.6) is 0 Å². The number of fused-ring (bicyclic) bond motifs is 1. The lowest BCUT2D eigenvalue weighted by Crippen LogP contribution is -2.10. The molecule has 0 radical (unpaired) electrons. The van der Waals surface area contributed by atoms with Crippen LogP contribution in [0.15, 0.2) is 46.2 Å². The quantitative estimate of drug-likeness (QED) is 0.582. The first-order valence-corrected chi connectivity index (χ1v) is 7.36. The molecule has 0 fully saturated rings. The molecule has 2 heterocycles. The van der Waals surface area contributed by atoms with Crippen LogP contribution in [0.25, 0.3) is 10.9 Å². The third-order valence-corrected chi connectivity index (χ3v) is 4.07. The Morgan fingerprint density at radius 1 is 1.19 bits per heavy atom. The SMILES string of the molecule is CNS(=O)c1ccc(Nc2n[nH]c3cc[nH]c(=O)c23)cc1. The molecule has 0 aliphatic carbocycles. The number of hydrogen-bond donors (Lipinski definition) is 4. The molecule has 0 aliphatic heterocycles. The molecule has 1 aromatic carbocycles. The van der Waals surface area contributed by atoms with Crippen molar-refractivity contribution >= 4 is 33.4 Å². The summed E-state index contributed by atoms with van der Waals surface area (Å²) in [5.74, 6) is 0.453. The van der Waals surface area contributed by atoms with Crippen molar-refractivity contribution in [1.29, 1.82) is 0 Å². The molecular formula is C13H13N5O2S. The van der Waals surface area contributed by atoms with E-state index in [1.807, 2.05) is 0 Å². The van der Waals surface area contributed by atoms with Gasteiger partial charge in [-0.15, -0.1) is 0 Å². The maximum absolute atomic E-state index is 11.8. The zero-order valence-electron chi connectivity index (χ0n) is 11.1. The van der Waals surface area contributed by atoms with Crippen molar-refractivity contribution in [2.75, 3.05) is 12.4 Å². The molecule has 3 aromatic rings. The second kappa shape index (κ2) is 5.51. The second-order valence-corrected chi connectivity index (χ2v) is 5.71. The number of benzene rings is 1. The van der Waals surface area contributed by atoms with Crippen LogP contribution < -0.4 is 15.6 Å². The van der Waals surface area contributed by atoms with Crippen molar-refractivity contribution in [2.45, 2.75) is 4.90 Å². The van der Waals surface area contributed by atoms with Crippen molar-refractivity contribution < 1.29 is 4.21 Å². The molecule has 1 unspecified atom stereocenters. The molecule has 0 saturated heterocycles. The summed E-state index contributed by atoms with van der Waals surface area (Å²) in [5, 5.41) is 10.4. The third kappa shape index (κ3) is 2.58. The maximum atomic E-state index is 11.8. The van der Waals surface area contributed by atoms with Gasteiger partial charge in [0.05, 0.1) is 10.4 Å².